The van der Waals surface area contributed by atoms with Crippen LogP contribution in [0.5, 0.6) is 0 Å². The SMILES string of the molecule is N#Cc1ccc(CNC(=O)CN2CCC[C@@H]2[C@@H]2CCCC[C@@H]2O)cc1. The second kappa shape index (κ2) is 8.46. The summed E-state index contributed by atoms with van der Waals surface area (Å²) in [5.74, 6) is 0.351. The normalized spacial score (nSPS) is 27.0. The monoisotopic (exact) mass is 341 g/mol. The van der Waals surface area contributed by atoms with Gasteiger partial charge < -0.3 is 10.4 Å². The molecule has 1 saturated carbocycles. The number of carbonyl (C=O) groups is 1. The Morgan fingerprint density at radius 1 is 1.20 bits per heavy atom. The molecule has 1 aromatic rings. The van der Waals surface area contributed by atoms with Crippen LogP contribution in [-0.2, 0) is 11.3 Å². The molecule has 5 nitrogen and oxygen atoms in total. The first-order valence-electron chi connectivity index (χ1n) is 9.35. The van der Waals surface area contributed by atoms with Crippen LogP contribution < -0.4 is 5.32 Å². The molecule has 0 unspecified atom stereocenters. The number of rotatable bonds is 5. The number of hydrogen-bond donors (Lipinski definition) is 2. The van der Waals surface area contributed by atoms with E-state index < -0.39 is 0 Å². The number of aliphatic hydroxyl groups is 1. The van der Waals surface area contributed by atoms with Gasteiger partial charge in [0.05, 0.1) is 24.3 Å². The van der Waals surface area contributed by atoms with Crippen LogP contribution in [0.3, 0.4) is 0 Å². The van der Waals surface area contributed by atoms with Crippen LogP contribution in [0.1, 0.15) is 49.7 Å². The molecule has 2 fully saturated rings. The van der Waals surface area contributed by atoms with E-state index in [1.807, 2.05) is 12.1 Å². The first-order chi connectivity index (χ1) is 12.2. The van der Waals surface area contributed by atoms with E-state index in [-0.39, 0.29) is 12.0 Å². The molecule has 0 bridgehead atoms. The molecule has 1 amide bonds. The molecule has 3 atom stereocenters. The number of nitrogens with zero attached hydrogens (tertiary/aromatic N) is 2. The fraction of sp³-hybridized carbons (Fsp3) is 0.600. The zero-order valence-corrected chi connectivity index (χ0v) is 14.7. The molecule has 25 heavy (non-hydrogen) atoms. The Bertz CT molecular complexity index is 623. The minimum Gasteiger partial charge on any atom is -0.393 e. The molecular weight excluding hydrogens is 314 g/mol. The summed E-state index contributed by atoms with van der Waals surface area (Å²) in [7, 11) is 0. The van der Waals surface area contributed by atoms with Crippen molar-refractivity contribution >= 4 is 5.91 Å². The van der Waals surface area contributed by atoms with Gasteiger partial charge >= 0.3 is 0 Å². The highest BCUT2D eigenvalue weighted by atomic mass is 16.3. The van der Waals surface area contributed by atoms with Crippen LogP contribution in [0.2, 0.25) is 0 Å². The van der Waals surface area contributed by atoms with Crippen LogP contribution in [0, 0.1) is 17.2 Å². The van der Waals surface area contributed by atoms with E-state index in [0.717, 1.165) is 44.2 Å². The predicted octanol–water partition coefficient (Wildman–Crippen LogP) is 2.19. The molecule has 0 radical (unpaired) electrons. The largest absolute Gasteiger partial charge is 0.393 e. The topological polar surface area (TPSA) is 76.4 Å². The smallest absolute Gasteiger partial charge is 0.234 e. The summed E-state index contributed by atoms with van der Waals surface area (Å²) in [5, 5.41) is 22.1. The number of hydrogen-bond acceptors (Lipinski definition) is 4. The van der Waals surface area contributed by atoms with Gasteiger partial charge in [0, 0.05) is 18.5 Å². The number of carbonyl (C=O) groups excluding carboxylic acids is 1. The highest BCUT2D eigenvalue weighted by molar-refractivity contribution is 5.78. The molecule has 5 heteroatoms. The minimum absolute atomic E-state index is 0.0292. The van der Waals surface area contributed by atoms with Crippen molar-refractivity contribution in [2.75, 3.05) is 13.1 Å². The number of benzene rings is 1. The molecule has 134 valence electrons. The van der Waals surface area contributed by atoms with E-state index >= 15 is 0 Å². The van der Waals surface area contributed by atoms with Gasteiger partial charge in [-0.1, -0.05) is 25.0 Å². The van der Waals surface area contributed by atoms with E-state index in [4.69, 9.17) is 5.26 Å². The average Bonchev–Trinajstić information content (AvgIpc) is 3.08. The molecule has 0 aromatic heterocycles. The Kier molecular flexibility index (Phi) is 6.06. The van der Waals surface area contributed by atoms with Crippen LogP contribution in [0.15, 0.2) is 24.3 Å². The van der Waals surface area contributed by atoms with Gasteiger partial charge in [0.15, 0.2) is 0 Å². The summed E-state index contributed by atoms with van der Waals surface area (Å²) in [6.45, 7) is 1.83. The van der Waals surface area contributed by atoms with Crippen LogP contribution in [0.4, 0.5) is 0 Å². The molecule has 2 aliphatic rings. The van der Waals surface area contributed by atoms with Crippen molar-refractivity contribution in [3.63, 3.8) is 0 Å². The molecule has 3 rings (SSSR count). The fourth-order valence-corrected chi connectivity index (χ4v) is 4.26. The van der Waals surface area contributed by atoms with Crippen molar-refractivity contribution in [1.29, 1.82) is 5.26 Å². The fourth-order valence-electron chi connectivity index (χ4n) is 4.26. The second-order valence-corrected chi connectivity index (χ2v) is 7.28. The molecule has 1 aromatic carbocycles. The van der Waals surface area contributed by atoms with Gasteiger partial charge in [-0.05, 0) is 49.9 Å². The lowest BCUT2D eigenvalue weighted by atomic mass is 9.80. The summed E-state index contributed by atoms with van der Waals surface area (Å²) < 4.78 is 0. The van der Waals surface area contributed by atoms with Gasteiger partial charge in [-0.15, -0.1) is 0 Å². The van der Waals surface area contributed by atoms with Crippen molar-refractivity contribution in [2.24, 2.45) is 5.92 Å². The molecule has 1 aliphatic heterocycles. The van der Waals surface area contributed by atoms with E-state index in [0.29, 0.717) is 30.6 Å². The summed E-state index contributed by atoms with van der Waals surface area (Å²) in [6, 6.07) is 9.71. The molecule has 1 aliphatic carbocycles. The van der Waals surface area contributed by atoms with Crippen LogP contribution >= 0.6 is 0 Å². The Balaban J connectivity index is 1.50. The lowest BCUT2D eigenvalue weighted by molar-refractivity contribution is -0.123. The first-order valence-corrected chi connectivity index (χ1v) is 9.35. The van der Waals surface area contributed by atoms with E-state index in [1.54, 1.807) is 12.1 Å². The third-order valence-corrected chi connectivity index (χ3v) is 5.61. The summed E-state index contributed by atoms with van der Waals surface area (Å²) in [6.07, 6.45) is 6.28. The van der Waals surface area contributed by atoms with Gasteiger partial charge in [0.25, 0.3) is 0 Å². The Morgan fingerprint density at radius 2 is 1.96 bits per heavy atom. The lowest BCUT2D eigenvalue weighted by Gasteiger charge is -2.37. The molecular formula is C20H27N3O2. The van der Waals surface area contributed by atoms with Crippen molar-refractivity contribution in [2.45, 2.75) is 57.2 Å². The van der Waals surface area contributed by atoms with Gasteiger partial charge in [-0.2, -0.15) is 5.26 Å². The van der Waals surface area contributed by atoms with Gasteiger partial charge in [-0.25, -0.2) is 0 Å². The minimum atomic E-state index is -0.207. The quantitative estimate of drug-likeness (QED) is 0.861. The number of nitriles is 1. The van der Waals surface area contributed by atoms with E-state index in [2.05, 4.69) is 16.3 Å². The molecule has 1 saturated heterocycles. The van der Waals surface area contributed by atoms with Crippen molar-refractivity contribution in [3.8, 4) is 6.07 Å². The van der Waals surface area contributed by atoms with Gasteiger partial charge in [0.2, 0.25) is 5.91 Å². The van der Waals surface area contributed by atoms with Crippen molar-refractivity contribution in [3.05, 3.63) is 35.4 Å². The van der Waals surface area contributed by atoms with Crippen molar-refractivity contribution < 1.29 is 9.90 Å². The third-order valence-electron chi connectivity index (χ3n) is 5.61. The third kappa shape index (κ3) is 4.59. The standard InChI is InChI=1S/C20H27N3O2/c21-12-15-7-9-16(10-8-15)13-22-20(25)14-23-11-3-5-18(23)17-4-1-2-6-19(17)24/h7-10,17-19,24H,1-6,11,13-14H2,(H,22,25)/t17-,18+,19-/m0/s1. The van der Waals surface area contributed by atoms with Crippen molar-refractivity contribution in [1.82, 2.24) is 10.2 Å². The highest BCUT2D eigenvalue weighted by Crippen LogP contribution is 2.34. The molecule has 2 N–H and O–H groups in total. The Labute approximate surface area is 149 Å². The average molecular weight is 341 g/mol. The number of amides is 1. The number of likely N-dealkylation sites (tertiary alicyclic amines) is 1. The van der Waals surface area contributed by atoms with Crippen LogP contribution in [-0.4, -0.2) is 41.1 Å². The maximum absolute atomic E-state index is 12.3. The number of aliphatic hydroxyl groups excluding tert-OH is 1. The lowest BCUT2D eigenvalue weighted by Crippen LogP contribution is -2.46. The Morgan fingerprint density at radius 3 is 2.68 bits per heavy atom. The van der Waals surface area contributed by atoms with Gasteiger partial charge in [0.1, 0.15) is 0 Å². The predicted molar refractivity (Wildman–Crippen MR) is 95.6 cm³/mol. The highest BCUT2D eigenvalue weighted by Gasteiger charge is 2.37. The maximum atomic E-state index is 12.3. The van der Waals surface area contributed by atoms with Gasteiger partial charge in [-0.3, -0.25) is 9.69 Å². The summed E-state index contributed by atoms with van der Waals surface area (Å²) >= 11 is 0. The molecule has 1 heterocycles. The zero-order valence-electron chi connectivity index (χ0n) is 14.7. The summed E-state index contributed by atoms with van der Waals surface area (Å²) in [5.41, 5.74) is 1.62. The summed E-state index contributed by atoms with van der Waals surface area (Å²) in [4.78, 5) is 14.6. The maximum Gasteiger partial charge on any atom is 0.234 e. The zero-order chi connectivity index (χ0) is 17.6. The Hall–Kier alpha value is -1.90. The number of nitrogens with one attached hydrogen (secondary N) is 1. The van der Waals surface area contributed by atoms with E-state index in [1.165, 1.54) is 6.42 Å². The van der Waals surface area contributed by atoms with E-state index in [9.17, 15) is 9.90 Å². The first kappa shape index (κ1) is 17.9. The molecule has 0 spiro atoms. The second-order valence-electron chi connectivity index (χ2n) is 7.28. The van der Waals surface area contributed by atoms with Crippen LogP contribution in [0.25, 0.3) is 0 Å².